The van der Waals surface area contributed by atoms with Gasteiger partial charge in [-0.15, -0.1) is 10.2 Å². The standard InChI is InChI=1S/C22H29ClN8/c1-24-22(26-17-21-28-27-20-8-2-3-11-31(20)21)25-9-5-10-29-12-14-30(15-13-29)19-7-4-6-18(23)16-19/h2-4,6-8,11,16H,5,9-10,12-15,17H2,1H3,(H2,24,25,26). The van der Waals surface area contributed by atoms with Gasteiger partial charge in [0.25, 0.3) is 0 Å². The molecule has 1 saturated heterocycles. The number of hydrogen-bond donors (Lipinski definition) is 2. The molecule has 0 radical (unpaired) electrons. The van der Waals surface area contributed by atoms with Crippen molar-refractivity contribution in [2.75, 3.05) is 51.2 Å². The third-order valence-electron chi connectivity index (χ3n) is 5.51. The highest BCUT2D eigenvalue weighted by molar-refractivity contribution is 6.30. The smallest absolute Gasteiger partial charge is 0.191 e. The number of pyridine rings is 1. The van der Waals surface area contributed by atoms with E-state index < -0.39 is 0 Å². The average Bonchev–Trinajstić information content (AvgIpc) is 3.22. The highest BCUT2D eigenvalue weighted by Crippen LogP contribution is 2.20. The van der Waals surface area contributed by atoms with Crippen LogP contribution in [0.4, 0.5) is 5.69 Å². The number of fused-ring (bicyclic) bond motifs is 1. The monoisotopic (exact) mass is 440 g/mol. The predicted molar refractivity (Wildman–Crippen MR) is 126 cm³/mol. The number of aliphatic imine (C=N–C) groups is 1. The van der Waals surface area contributed by atoms with Gasteiger partial charge in [0.2, 0.25) is 0 Å². The van der Waals surface area contributed by atoms with Crippen LogP contribution in [-0.2, 0) is 6.54 Å². The fraction of sp³-hybridized carbons (Fsp3) is 0.409. The Bertz CT molecular complexity index is 1010. The summed E-state index contributed by atoms with van der Waals surface area (Å²) in [6.07, 6.45) is 3.03. The Morgan fingerprint density at radius 2 is 1.94 bits per heavy atom. The number of anilines is 1. The number of benzene rings is 1. The Labute approximate surface area is 187 Å². The van der Waals surface area contributed by atoms with Crippen LogP contribution in [0.25, 0.3) is 5.65 Å². The minimum absolute atomic E-state index is 0.566. The first-order chi connectivity index (χ1) is 15.2. The molecular weight excluding hydrogens is 412 g/mol. The molecule has 1 fully saturated rings. The molecule has 0 aliphatic carbocycles. The van der Waals surface area contributed by atoms with Crippen LogP contribution in [-0.4, -0.2) is 71.8 Å². The van der Waals surface area contributed by atoms with Crippen molar-refractivity contribution in [3.63, 3.8) is 0 Å². The lowest BCUT2D eigenvalue weighted by Crippen LogP contribution is -2.47. The molecule has 3 aromatic rings. The predicted octanol–water partition coefficient (Wildman–Crippen LogP) is 2.26. The molecule has 0 unspecified atom stereocenters. The zero-order valence-corrected chi connectivity index (χ0v) is 18.6. The highest BCUT2D eigenvalue weighted by atomic mass is 35.5. The summed E-state index contributed by atoms with van der Waals surface area (Å²) in [5.74, 6) is 1.63. The molecule has 31 heavy (non-hydrogen) atoms. The SMILES string of the molecule is CN=C(NCCCN1CCN(c2cccc(Cl)c2)CC1)NCc1nnc2ccccn12. The van der Waals surface area contributed by atoms with E-state index in [1.165, 1.54) is 5.69 Å². The van der Waals surface area contributed by atoms with Gasteiger partial charge in [0, 0.05) is 56.7 Å². The fourth-order valence-electron chi connectivity index (χ4n) is 3.81. The van der Waals surface area contributed by atoms with Gasteiger partial charge >= 0.3 is 0 Å². The molecule has 0 atom stereocenters. The van der Waals surface area contributed by atoms with Gasteiger partial charge in [0.1, 0.15) is 0 Å². The number of guanidine groups is 1. The van der Waals surface area contributed by atoms with E-state index in [0.29, 0.717) is 6.54 Å². The maximum atomic E-state index is 6.13. The molecule has 1 aliphatic rings. The van der Waals surface area contributed by atoms with Gasteiger partial charge in [0.15, 0.2) is 17.4 Å². The van der Waals surface area contributed by atoms with Crippen LogP contribution in [0.5, 0.6) is 0 Å². The molecule has 0 saturated carbocycles. The Hall–Kier alpha value is -2.84. The number of nitrogens with zero attached hydrogens (tertiary/aromatic N) is 6. The largest absolute Gasteiger partial charge is 0.369 e. The molecule has 0 amide bonds. The summed E-state index contributed by atoms with van der Waals surface area (Å²) in [5, 5.41) is 15.9. The van der Waals surface area contributed by atoms with Crippen LogP contribution >= 0.6 is 11.6 Å². The minimum atomic E-state index is 0.566. The van der Waals surface area contributed by atoms with Crippen molar-refractivity contribution in [2.24, 2.45) is 4.99 Å². The molecule has 164 valence electrons. The van der Waals surface area contributed by atoms with E-state index in [0.717, 1.165) is 68.1 Å². The maximum Gasteiger partial charge on any atom is 0.191 e. The van der Waals surface area contributed by atoms with Gasteiger partial charge in [-0.25, -0.2) is 0 Å². The molecular formula is C22H29ClN8. The fourth-order valence-corrected chi connectivity index (χ4v) is 3.99. The highest BCUT2D eigenvalue weighted by Gasteiger charge is 2.17. The first-order valence-corrected chi connectivity index (χ1v) is 11.1. The zero-order valence-electron chi connectivity index (χ0n) is 17.8. The number of hydrogen-bond acceptors (Lipinski definition) is 5. The molecule has 0 bridgehead atoms. The molecule has 1 aliphatic heterocycles. The summed E-state index contributed by atoms with van der Waals surface area (Å²) in [6.45, 7) is 6.71. The molecule has 0 spiro atoms. The second-order valence-electron chi connectivity index (χ2n) is 7.56. The van der Waals surface area contributed by atoms with Crippen LogP contribution in [0.1, 0.15) is 12.2 Å². The molecule has 4 rings (SSSR count). The summed E-state index contributed by atoms with van der Waals surface area (Å²) in [5.41, 5.74) is 2.06. The molecule has 2 N–H and O–H groups in total. The summed E-state index contributed by atoms with van der Waals surface area (Å²) in [4.78, 5) is 9.23. The zero-order chi connectivity index (χ0) is 21.5. The lowest BCUT2D eigenvalue weighted by Gasteiger charge is -2.36. The summed E-state index contributed by atoms with van der Waals surface area (Å²) < 4.78 is 1.98. The van der Waals surface area contributed by atoms with Crippen LogP contribution in [0.3, 0.4) is 0 Å². The molecule has 8 nitrogen and oxygen atoms in total. The Kier molecular flexibility index (Phi) is 7.22. The van der Waals surface area contributed by atoms with E-state index in [4.69, 9.17) is 11.6 Å². The Balaban J connectivity index is 1.15. The van der Waals surface area contributed by atoms with Crippen molar-refractivity contribution in [3.05, 3.63) is 59.5 Å². The van der Waals surface area contributed by atoms with Gasteiger partial charge < -0.3 is 15.5 Å². The van der Waals surface area contributed by atoms with Crippen molar-refractivity contribution in [3.8, 4) is 0 Å². The maximum absolute atomic E-state index is 6.13. The van der Waals surface area contributed by atoms with E-state index >= 15 is 0 Å². The third kappa shape index (κ3) is 5.65. The van der Waals surface area contributed by atoms with Crippen molar-refractivity contribution < 1.29 is 0 Å². The second-order valence-corrected chi connectivity index (χ2v) is 8.00. The van der Waals surface area contributed by atoms with Crippen molar-refractivity contribution >= 4 is 28.9 Å². The minimum Gasteiger partial charge on any atom is -0.369 e. The van der Waals surface area contributed by atoms with E-state index in [2.05, 4.69) is 41.7 Å². The molecule has 9 heteroatoms. The topological polar surface area (TPSA) is 73.1 Å². The summed E-state index contributed by atoms with van der Waals surface area (Å²) in [6, 6.07) is 14.0. The normalized spacial score (nSPS) is 15.4. The van der Waals surface area contributed by atoms with Gasteiger partial charge in [-0.1, -0.05) is 23.7 Å². The number of nitrogens with one attached hydrogen (secondary N) is 2. The first-order valence-electron chi connectivity index (χ1n) is 10.7. The van der Waals surface area contributed by atoms with Gasteiger partial charge in [-0.05, 0) is 43.3 Å². The molecule has 1 aromatic carbocycles. The van der Waals surface area contributed by atoms with Gasteiger partial charge in [-0.2, -0.15) is 0 Å². The second kappa shape index (κ2) is 10.5. The molecule has 3 heterocycles. The number of rotatable bonds is 7. The van der Waals surface area contributed by atoms with Crippen LogP contribution in [0, 0.1) is 0 Å². The van der Waals surface area contributed by atoms with Crippen molar-refractivity contribution in [1.29, 1.82) is 0 Å². The first kappa shape index (κ1) is 21.4. The van der Waals surface area contributed by atoms with E-state index in [1.54, 1.807) is 7.05 Å². The third-order valence-corrected chi connectivity index (χ3v) is 5.75. The van der Waals surface area contributed by atoms with Crippen molar-refractivity contribution in [2.45, 2.75) is 13.0 Å². The summed E-state index contributed by atoms with van der Waals surface area (Å²) >= 11 is 6.13. The Morgan fingerprint density at radius 1 is 1.06 bits per heavy atom. The number of halogens is 1. The molecule has 2 aromatic heterocycles. The lowest BCUT2D eigenvalue weighted by molar-refractivity contribution is 0.255. The Morgan fingerprint density at radius 3 is 2.74 bits per heavy atom. The average molecular weight is 441 g/mol. The van der Waals surface area contributed by atoms with E-state index in [-0.39, 0.29) is 0 Å². The number of aromatic nitrogens is 3. The van der Waals surface area contributed by atoms with Crippen LogP contribution < -0.4 is 15.5 Å². The van der Waals surface area contributed by atoms with Gasteiger partial charge in [0.05, 0.1) is 6.54 Å². The lowest BCUT2D eigenvalue weighted by atomic mass is 10.2. The van der Waals surface area contributed by atoms with Crippen molar-refractivity contribution in [1.82, 2.24) is 30.1 Å². The quantitative estimate of drug-likeness (QED) is 0.333. The van der Waals surface area contributed by atoms with Gasteiger partial charge in [-0.3, -0.25) is 14.3 Å². The summed E-state index contributed by atoms with van der Waals surface area (Å²) in [7, 11) is 1.78. The number of piperazine rings is 1. The van der Waals surface area contributed by atoms with E-state index in [1.807, 2.05) is 47.0 Å². The van der Waals surface area contributed by atoms with E-state index in [9.17, 15) is 0 Å². The van der Waals surface area contributed by atoms with Crippen LogP contribution in [0.15, 0.2) is 53.7 Å². The van der Waals surface area contributed by atoms with Crippen LogP contribution in [0.2, 0.25) is 5.02 Å².